The Morgan fingerprint density at radius 1 is 0.806 bits per heavy atom. The third-order valence-electron chi connectivity index (χ3n) is 4.96. The van der Waals surface area contributed by atoms with Crippen molar-refractivity contribution in [3.63, 3.8) is 0 Å². The lowest BCUT2D eigenvalue weighted by atomic mass is 10.2. The van der Waals surface area contributed by atoms with Crippen LogP contribution in [0, 0.1) is 0 Å². The first-order chi connectivity index (χ1) is 14.3. The van der Waals surface area contributed by atoms with Crippen molar-refractivity contribution in [1.29, 1.82) is 0 Å². The first kappa shape index (κ1) is 26.6. The van der Waals surface area contributed by atoms with Crippen molar-refractivity contribution in [1.82, 2.24) is 0 Å². The maximum atomic E-state index is 10.8. The van der Waals surface area contributed by atoms with Gasteiger partial charge in [0.05, 0.1) is 13.2 Å². The average molecular weight is 447 g/mol. The molecule has 2 aromatic carbocycles. The molecule has 2 aromatic rings. The summed E-state index contributed by atoms with van der Waals surface area (Å²) in [7, 11) is -1.71. The Kier molecular flexibility index (Phi) is 10.1. The molecule has 0 saturated carbocycles. The number of esters is 2. The molecule has 0 radical (unpaired) electrons. The number of hydrogen-bond acceptors (Lipinski definition) is 6. The average Bonchev–Trinajstić information content (AvgIpc) is 2.67. The zero-order valence-corrected chi connectivity index (χ0v) is 20.5. The molecule has 0 fully saturated rings. The predicted molar refractivity (Wildman–Crippen MR) is 123 cm³/mol. The standard InChI is InChI=1S/C15H24O3Si.C9H10O3/c1-12(16)18-14-9-7-13(8-10-14)11-17-19(5,6)15(2,3)4;1-7(11)12-9-4-2-8(6-10)3-5-9/h7-10H,11H2,1-6H3;2-5,10H,6H2,1H3. The summed E-state index contributed by atoms with van der Waals surface area (Å²) in [6.07, 6.45) is 0. The minimum atomic E-state index is -1.71. The van der Waals surface area contributed by atoms with Crippen molar-refractivity contribution in [3.8, 4) is 11.5 Å². The lowest BCUT2D eigenvalue weighted by Gasteiger charge is -2.36. The molecule has 0 unspecified atom stereocenters. The monoisotopic (exact) mass is 446 g/mol. The zero-order chi connectivity index (χ0) is 23.7. The number of carbonyl (C=O) groups is 2. The number of hydrogen-bond donors (Lipinski definition) is 1. The van der Waals surface area contributed by atoms with Crippen molar-refractivity contribution in [2.75, 3.05) is 0 Å². The van der Waals surface area contributed by atoms with E-state index in [0.29, 0.717) is 18.1 Å². The van der Waals surface area contributed by atoms with Crippen molar-refractivity contribution < 1.29 is 28.6 Å². The summed E-state index contributed by atoms with van der Waals surface area (Å²) in [5, 5.41) is 8.92. The summed E-state index contributed by atoms with van der Waals surface area (Å²) < 4.78 is 15.9. The number of rotatable bonds is 6. The van der Waals surface area contributed by atoms with Crippen LogP contribution in [0.25, 0.3) is 0 Å². The largest absolute Gasteiger partial charge is 0.427 e. The van der Waals surface area contributed by atoms with Crippen LogP contribution in [0.2, 0.25) is 18.1 Å². The Morgan fingerprint density at radius 3 is 1.52 bits per heavy atom. The van der Waals surface area contributed by atoms with Gasteiger partial charge in [0.25, 0.3) is 0 Å². The van der Waals surface area contributed by atoms with Gasteiger partial charge in [0.15, 0.2) is 8.32 Å². The van der Waals surface area contributed by atoms with E-state index in [9.17, 15) is 9.59 Å². The van der Waals surface area contributed by atoms with Gasteiger partial charge in [-0.3, -0.25) is 9.59 Å². The molecule has 0 saturated heterocycles. The number of aliphatic hydroxyl groups is 1. The first-order valence-electron chi connectivity index (χ1n) is 10.1. The smallest absolute Gasteiger partial charge is 0.308 e. The van der Waals surface area contributed by atoms with E-state index < -0.39 is 8.32 Å². The van der Waals surface area contributed by atoms with Crippen molar-refractivity contribution in [3.05, 3.63) is 59.7 Å². The molecule has 1 N–H and O–H groups in total. The first-order valence-corrected chi connectivity index (χ1v) is 13.0. The van der Waals surface area contributed by atoms with Gasteiger partial charge in [0.2, 0.25) is 0 Å². The van der Waals surface area contributed by atoms with E-state index in [1.54, 1.807) is 36.4 Å². The summed E-state index contributed by atoms with van der Waals surface area (Å²) in [6, 6.07) is 14.2. The van der Waals surface area contributed by atoms with Crippen molar-refractivity contribution in [2.24, 2.45) is 0 Å². The van der Waals surface area contributed by atoms with Crippen LogP contribution >= 0.6 is 0 Å². The topological polar surface area (TPSA) is 82.1 Å². The third kappa shape index (κ3) is 9.91. The summed E-state index contributed by atoms with van der Waals surface area (Å²) in [5.41, 5.74) is 1.90. The molecule has 0 aliphatic carbocycles. The molecule has 0 amide bonds. The van der Waals surface area contributed by atoms with Crippen LogP contribution in [0.15, 0.2) is 48.5 Å². The maximum Gasteiger partial charge on any atom is 0.308 e. The van der Waals surface area contributed by atoms with Gasteiger partial charge in [-0.05, 0) is 53.5 Å². The fraction of sp³-hybridized carbons (Fsp3) is 0.417. The normalized spacial score (nSPS) is 11.2. The predicted octanol–water partition coefficient (Wildman–Crippen LogP) is 5.24. The molecule has 0 atom stereocenters. The van der Waals surface area contributed by atoms with Crippen LogP contribution < -0.4 is 9.47 Å². The number of benzene rings is 2. The summed E-state index contributed by atoms with van der Waals surface area (Å²) >= 11 is 0. The van der Waals surface area contributed by atoms with Crippen LogP contribution in [0.1, 0.15) is 45.7 Å². The Balaban J connectivity index is 0.000000343. The van der Waals surface area contributed by atoms with E-state index in [1.165, 1.54) is 13.8 Å². The van der Waals surface area contributed by atoms with Crippen molar-refractivity contribution >= 4 is 20.3 Å². The van der Waals surface area contributed by atoms with Gasteiger partial charge in [0.1, 0.15) is 11.5 Å². The highest BCUT2D eigenvalue weighted by Gasteiger charge is 2.36. The Morgan fingerprint density at radius 2 is 1.19 bits per heavy atom. The van der Waals surface area contributed by atoms with Crippen LogP contribution in [0.5, 0.6) is 11.5 Å². The fourth-order valence-electron chi connectivity index (χ4n) is 2.13. The van der Waals surface area contributed by atoms with Gasteiger partial charge in [-0.1, -0.05) is 45.0 Å². The highest BCUT2D eigenvalue weighted by Crippen LogP contribution is 2.37. The molecule has 2 rings (SSSR count). The molecule has 170 valence electrons. The van der Waals surface area contributed by atoms with Crippen LogP contribution in [0.3, 0.4) is 0 Å². The molecule has 0 bridgehead atoms. The molecule has 0 spiro atoms. The molecular weight excluding hydrogens is 412 g/mol. The summed E-state index contributed by atoms with van der Waals surface area (Å²) in [6.45, 7) is 14.5. The van der Waals surface area contributed by atoms with Crippen molar-refractivity contribution in [2.45, 2.75) is 66.0 Å². The molecule has 0 aliphatic rings. The quantitative estimate of drug-likeness (QED) is 0.371. The van der Waals surface area contributed by atoms with E-state index in [-0.39, 0.29) is 23.6 Å². The molecule has 0 aliphatic heterocycles. The van der Waals surface area contributed by atoms with Gasteiger partial charge in [-0.15, -0.1) is 0 Å². The number of carbonyl (C=O) groups excluding carboxylic acids is 2. The molecule has 31 heavy (non-hydrogen) atoms. The van der Waals surface area contributed by atoms with E-state index in [0.717, 1.165) is 11.1 Å². The summed E-state index contributed by atoms with van der Waals surface area (Å²) in [5.74, 6) is 0.431. The molecule has 0 aromatic heterocycles. The lowest BCUT2D eigenvalue weighted by molar-refractivity contribution is -0.132. The maximum absolute atomic E-state index is 10.8. The molecular formula is C24H34O6Si. The van der Waals surface area contributed by atoms with Crippen LogP contribution in [0.4, 0.5) is 0 Å². The second-order valence-corrected chi connectivity index (χ2v) is 13.5. The molecule has 0 heterocycles. The number of aliphatic hydroxyl groups excluding tert-OH is 1. The number of ether oxygens (including phenoxy) is 2. The summed E-state index contributed by atoms with van der Waals surface area (Å²) in [4.78, 5) is 21.3. The minimum absolute atomic E-state index is 0.000349. The molecule has 6 nitrogen and oxygen atoms in total. The van der Waals surface area contributed by atoms with Gasteiger partial charge in [-0.2, -0.15) is 0 Å². The Labute approximate surface area is 186 Å². The van der Waals surface area contributed by atoms with E-state index in [4.69, 9.17) is 19.0 Å². The second kappa shape index (κ2) is 11.8. The highest BCUT2D eigenvalue weighted by atomic mass is 28.4. The van der Waals surface area contributed by atoms with Gasteiger partial charge in [0, 0.05) is 13.8 Å². The highest BCUT2D eigenvalue weighted by molar-refractivity contribution is 6.74. The Bertz CT molecular complexity index is 836. The zero-order valence-electron chi connectivity index (χ0n) is 19.5. The second-order valence-electron chi connectivity index (χ2n) is 8.68. The van der Waals surface area contributed by atoms with Crippen LogP contribution in [-0.4, -0.2) is 25.4 Å². The van der Waals surface area contributed by atoms with E-state index in [1.807, 2.05) is 12.1 Å². The van der Waals surface area contributed by atoms with Crippen LogP contribution in [-0.2, 0) is 27.2 Å². The lowest BCUT2D eigenvalue weighted by Crippen LogP contribution is -2.40. The van der Waals surface area contributed by atoms with Gasteiger partial charge >= 0.3 is 11.9 Å². The van der Waals surface area contributed by atoms with Gasteiger partial charge < -0.3 is 19.0 Å². The van der Waals surface area contributed by atoms with E-state index >= 15 is 0 Å². The third-order valence-corrected chi connectivity index (χ3v) is 9.44. The minimum Gasteiger partial charge on any atom is -0.427 e. The Hall–Kier alpha value is -2.48. The SMILES string of the molecule is CC(=O)Oc1ccc(CO)cc1.CC(=O)Oc1ccc(CO[Si](C)(C)C(C)(C)C)cc1. The molecule has 7 heteroatoms. The fourth-order valence-corrected chi connectivity index (χ4v) is 3.09. The van der Waals surface area contributed by atoms with Gasteiger partial charge in [-0.25, -0.2) is 0 Å². The van der Waals surface area contributed by atoms with E-state index in [2.05, 4.69) is 33.9 Å².